The molecule has 112 valence electrons. The van der Waals surface area contributed by atoms with E-state index in [4.69, 9.17) is 22.1 Å². The Hall–Kier alpha value is -1.92. The molecule has 0 saturated carbocycles. The maximum atomic E-state index is 12.4. The number of sulfonamides is 1. The number of anilines is 2. The highest BCUT2D eigenvalue weighted by molar-refractivity contribution is 7.92. The second kappa shape index (κ2) is 5.83. The van der Waals surface area contributed by atoms with Gasteiger partial charge in [-0.15, -0.1) is 0 Å². The monoisotopic (exact) mass is 326 g/mol. The maximum absolute atomic E-state index is 12.4. The van der Waals surface area contributed by atoms with Crippen molar-refractivity contribution in [3.8, 4) is 5.75 Å². The number of nitrogen functional groups attached to an aromatic ring is 1. The summed E-state index contributed by atoms with van der Waals surface area (Å²) in [5, 5.41) is 0.395. The molecule has 0 saturated heterocycles. The molecule has 0 heterocycles. The average Bonchev–Trinajstić information content (AvgIpc) is 2.41. The number of benzene rings is 2. The number of ether oxygens (including phenoxy) is 1. The molecular formula is C14H15ClN2O3S. The lowest BCUT2D eigenvalue weighted by Crippen LogP contribution is -2.14. The standard InChI is InChI=1S/C14H15ClN2O3S/c1-9-11(15)4-3-5-14(9)21(18,19)17-10-6-7-13(20-2)12(16)8-10/h3-8,17H,16H2,1-2H3. The predicted octanol–water partition coefficient (Wildman–Crippen LogP) is 3.04. The maximum Gasteiger partial charge on any atom is 0.262 e. The smallest absolute Gasteiger partial charge is 0.262 e. The van der Waals surface area contributed by atoms with Crippen molar-refractivity contribution in [2.24, 2.45) is 0 Å². The van der Waals surface area contributed by atoms with Gasteiger partial charge in [0.05, 0.1) is 23.4 Å². The largest absolute Gasteiger partial charge is 0.495 e. The first-order valence-corrected chi connectivity index (χ1v) is 7.92. The summed E-state index contributed by atoms with van der Waals surface area (Å²) >= 11 is 5.96. The van der Waals surface area contributed by atoms with E-state index in [1.165, 1.54) is 19.2 Å². The number of rotatable bonds is 4. The van der Waals surface area contributed by atoms with Crippen LogP contribution in [0.25, 0.3) is 0 Å². The molecule has 0 bridgehead atoms. The van der Waals surface area contributed by atoms with Gasteiger partial charge in [0.15, 0.2) is 0 Å². The lowest BCUT2D eigenvalue weighted by atomic mass is 10.2. The van der Waals surface area contributed by atoms with Gasteiger partial charge in [0, 0.05) is 5.02 Å². The van der Waals surface area contributed by atoms with Crippen molar-refractivity contribution in [3.05, 3.63) is 47.0 Å². The van der Waals surface area contributed by atoms with Crippen molar-refractivity contribution in [2.45, 2.75) is 11.8 Å². The van der Waals surface area contributed by atoms with Gasteiger partial charge in [0.2, 0.25) is 0 Å². The van der Waals surface area contributed by atoms with Crippen molar-refractivity contribution >= 4 is 33.0 Å². The molecule has 2 aromatic carbocycles. The van der Waals surface area contributed by atoms with E-state index in [2.05, 4.69) is 4.72 Å². The van der Waals surface area contributed by atoms with Crippen LogP contribution in [0, 0.1) is 6.92 Å². The van der Waals surface area contributed by atoms with E-state index in [1.807, 2.05) is 0 Å². The fourth-order valence-electron chi connectivity index (χ4n) is 1.89. The summed E-state index contributed by atoms with van der Waals surface area (Å²) in [7, 11) is -2.24. The molecular weight excluding hydrogens is 312 g/mol. The molecule has 3 N–H and O–H groups in total. The molecule has 21 heavy (non-hydrogen) atoms. The summed E-state index contributed by atoms with van der Waals surface area (Å²) in [5.74, 6) is 0.483. The van der Waals surface area contributed by atoms with Gasteiger partial charge in [0.1, 0.15) is 5.75 Å². The van der Waals surface area contributed by atoms with Crippen LogP contribution in [0.5, 0.6) is 5.75 Å². The molecule has 0 fully saturated rings. The first-order chi connectivity index (χ1) is 9.85. The molecule has 0 radical (unpaired) electrons. The van der Waals surface area contributed by atoms with Gasteiger partial charge in [-0.05, 0) is 42.8 Å². The summed E-state index contributed by atoms with van der Waals surface area (Å²) in [5.41, 5.74) is 6.96. The van der Waals surface area contributed by atoms with E-state index in [9.17, 15) is 8.42 Å². The minimum atomic E-state index is -3.73. The second-order valence-electron chi connectivity index (χ2n) is 4.43. The van der Waals surface area contributed by atoms with Crippen LogP contribution < -0.4 is 15.2 Å². The number of hydrogen-bond acceptors (Lipinski definition) is 4. The van der Waals surface area contributed by atoms with Gasteiger partial charge in [-0.1, -0.05) is 17.7 Å². The minimum absolute atomic E-state index is 0.129. The van der Waals surface area contributed by atoms with E-state index in [0.29, 0.717) is 27.7 Å². The molecule has 0 unspecified atom stereocenters. The minimum Gasteiger partial charge on any atom is -0.495 e. The fourth-order valence-corrected chi connectivity index (χ4v) is 3.44. The van der Waals surface area contributed by atoms with Gasteiger partial charge < -0.3 is 10.5 Å². The Kier molecular flexibility index (Phi) is 4.29. The molecule has 0 aliphatic heterocycles. The van der Waals surface area contributed by atoms with Crippen LogP contribution in [0.3, 0.4) is 0 Å². The fraction of sp³-hybridized carbons (Fsp3) is 0.143. The Morgan fingerprint density at radius 2 is 1.95 bits per heavy atom. The lowest BCUT2D eigenvalue weighted by molar-refractivity contribution is 0.417. The summed E-state index contributed by atoms with van der Waals surface area (Å²) in [4.78, 5) is 0.129. The Bertz CT molecular complexity index is 776. The van der Waals surface area contributed by atoms with Gasteiger partial charge in [-0.25, -0.2) is 8.42 Å². The number of nitrogens with one attached hydrogen (secondary N) is 1. The Morgan fingerprint density at radius 1 is 1.24 bits per heavy atom. The van der Waals surface area contributed by atoms with Crippen LogP contribution in [0.4, 0.5) is 11.4 Å². The quantitative estimate of drug-likeness (QED) is 0.846. The summed E-state index contributed by atoms with van der Waals surface area (Å²) < 4.78 is 32.3. The molecule has 5 nitrogen and oxygen atoms in total. The van der Waals surface area contributed by atoms with Crippen LogP contribution in [0.15, 0.2) is 41.3 Å². The van der Waals surface area contributed by atoms with E-state index in [-0.39, 0.29) is 4.90 Å². The summed E-state index contributed by atoms with van der Waals surface area (Å²) in [6.07, 6.45) is 0. The van der Waals surface area contributed by atoms with Crippen molar-refractivity contribution in [3.63, 3.8) is 0 Å². The SMILES string of the molecule is COc1ccc(NS(=O)(=O)c2cccc(Cl)c2C)cc1N. The summed E-state index contributed by atoms with van der Waals surface area (Å²) in [6, 6.07) is 9.39. The van der Waals surface area contributed by atoms with E-state index >= 15 is 0 Å². The highest BCUT2D eigenvalue weighted by Gasteiger charge is 2.18. The number of halogens is 1. The zero-order chi connectivity index (χ0) is 15.6. The van der Waals surface area contributed by atoms with E-state index in [1.54, 1.807) is 31.2 Å². The third-order valence-corrected chi connectivity index (χ3v) is 4.92. The molecule has 7 heteroatoms. The highest BCUT2D eigenvalue weighted by atomic mass is 35.5. The highest BCUT2D eigenvalue weighted by Crippen LogP contribution is 2.28. The van der Waals surface area contributed by atoms with Crippen LogP contribution in [-0.4, -0.2) is 15.5 Å². The Labute approximate surface area is 128 Å². The molecule has 0 amide bonds. The van der Waals surface area contributed by atoms with Crippen LogP contribution in [0.2, 0.25) is 5.02 Å². The third kappa shape index (κ3) is 3.22. The normalized spacial score (nSPS) is 11.2. The van der Waals surface area contributed by atoms with Crippen molar-refractivity contribution in [1.29, 1.82) is 0 Å². The lowest BCUT2D eigenvalue weighted by Gasteiger charge is -2.12. The van der Waals surface area contributed by atoms with Gasteiger partial charge >= 0.3 is 0 Å². The Balaban J connectivity index is 2.38. The number of hydrogen-bond donors (Lipinski definition) is 2. The number of methoxy groups -OCH3 is 1. The van der Waals surface area contributed by atoms with Crippen LogP contribution in [-0.2, 0) is 10.0 Å². The number of nitrogens with two attached hydrogens (primary N) is 1. The topological polar surface area (TPSA) is 81.4 Å². The Morgan fingerprint density at radius 3 is 2.57 bits per heavy atom. The van der Waals surface area contributed by atoms with Gasteiger partial charge in [0.25, 0.3) is 10.0 Å². The third-order valence-electron chi connectivity index (χ3n) is 2.99. The zero-order valence-corrected chi connectivity index (χ0v) is 13.1. The van der Waals surface area contributed by atoms with Crippen molar-refractivity contribution in [1.82, 2.24) is 0 Å². The van der Waals surface area contributed by atoms with Gasteiger partial charge in [-0.2, -0.15) is 0 Å². The van der Waals surface area contributed by atoms with E-state index < -0.39 is 10.0 Å². The molecule has 0 spiro atoms. The first kappa shape index (κ1) is 15.5. The molecule has 0 aliphatic carbocycles. The van der Waals surface area contributed by atoms with Crippen LogP contribution >= 0.6 is 11.6 Å². The first-order valence-electron chi connectivity index (χ1n) is 6.06. The average molecular weight is 327 g/mol. The van der Waals surface area contributed by atoms with Crippen molar-refractivity contribution < 1.29 is 13.2 Å². The zero-order valence-electron chi connectivity index (χ0n) is 11.6. The van der Waals surface area contributed by atoms with Gasteiger partial charge in [-0.3, -0.25) is 4.72 Å². The second-order valence-corrected chi connectivity index (χ2v) is 6.48. The predicted molar refractivity (Wildman–Crippen MR) is 84.4 cm³/mol. The molecule has 2 rings (SSSR count). The molecule has 2 aromatic rings. The van der Waals surface area contributed by atoms with Crippen molar-refractivity contribution in [2.75, 3.05) is 17.6 Å². The van der Waals surface area contributed by atoms with E-state index in [0.717, 1.165) is 0 Å². The van der Waals surface area contributed by atoms with Crippen LogP contribution in [0.1, 0.15) is 5.56 Å². The molecule has 0 aliphatic rings. The molecule has 0 aromatic heterocycles. The molecule has 0 atom stereocenters. The summed E-state index contributed by atoms with van der Waals surface area (Å²) in [6.45, 7) is 1.65.